The lowest BCUT2D eigenvalue weighted by Crippen LogP contribution is -2.32. The fourth-order valence-electron chi connectivity index (χ4n) is 3.20. The number of ether oxygens (including phenoxy) is 1. The summed E-state index contributed by atoms with van der Waals surface area (Å²) < 4.78 is 5.44. The van der Waals surface area contributed by atoms with E-state index in [2.05, 4.69) is 0 Å². The Bertz CT molecular complexity index is 171. The molecule has 2 heteroatoms. The molecule has 0 spiro atoms. The summed E-state index contributed by atoms with van der Waals surface area (Å²) in [6.45, 7) is 2.30. The van der Waals surface area contributed by atoms with E-state index in [1.54, 1.807) is 0 Å². The zero-order chi connectivity index (χ0) is 10.5. The molecule has 0 amide bonds. The second-order valence-corrected chi connectivity index (χ2v) is 5.17. The van der Waals surface area contributed by atoms with E-state index in [4.69, 9.17) is 9.84 Å². The second-order valence-electron chi connectivity index (χ2n) is 5.17. The van der Waals surface area contributed by atoms with Gasteiger partial charge in [-0.2, -0.15) is 0 Å². The molecule has 1 saturated carbocycles. The maximum absolute atomic E-state index is 8.96. The SMILES string of the molecule is OCCCC(C1CCC1)C1CCOCC1. The summed E-state index contributed by atoms with van der Waals surface area (Å²) in [4.78, 5) is 0. The Morgan fingerprint density at radius 3 is 2.27 bits per heavy atom. The highest BCUT2D eigenvalue weighted by Gasteiger charge is 2.33. The van der Waals surface area contributed by atoms with Gasteiger partial charge in [0.1, 0.15) is 0 Å². The predicted molar refractivity (Wildman–Crippen MR) is 60.7 cm³/mol. The molecule has 0 aromatic heterocycles. The highest BCUT2D eigenvalue weighted by Crippen LogP contribution is 2.42. The number of hydrogen-bond acceptors (Lipinski definition) is 2. The molecular formula is C13H24O2. The molecule has 1 atom stereocenters. The van der Waals surface area contributed by atoms with Gasteiger partial charge in [-0.05, 0) is 43.4 Å². The van der Waals surface area contributed by atoms with E-state index >= 15 is 0 Å². The van der Waals surface area contributed by atoms with Gasteiger partial charge < -0.3 is 9.84 Å². The molecule has 0 aromatic carbocycles. The van der Waals surface area contributed by atoms with Gasteiger partial charge in [-0.15, -0.1) is 0 Å². The van der Waals surface area contributed by atoms with Crippen molar-refractivity contribution in [3.8, 4) is 0 Å². The molecule has 88 valence electrons. The van der Waals surface area contributed by atoms with Gasteiger partial charge in [0.05, 0.1) is 0 Å². The van der Waals surface area contributed by atoms with E-state index in [1.807, 2.05) is 0 Å². The third kappa shape index (κ3) is 2.94. The van der Waals surface area contributed by atoms with Gasteiger partial charge in [-0.3, -0.25) is 0 Å². The fraction of sp³-hybridized carbons (Fsp3) is 1.00. The lowest BCUT2D eigenvalue weighted by atomic mass is 9.67. The number of aliphatic hydroxyl groups is 1. The molecule has 1 saturated heterocycles. The van der Waals surface area contributed by atoms with Gasteiger partial charge in [0.15, 0.2) is 0 Å². The molecular weight excluding hydrogens is 188 g/mol. The molecule has 0 bridgehead atoms. The Morgan fingerprint density at radius 2 is 1.73 bits per heavy atom. The zero-order valence-electron chi connectivity index (χ0n) is 9.66. The summed E-state index contributed by atoms with van der Waals surface area (Å²) in [6, 6.07) is 0. The first-order valence-electron chi connectivity index (χ1n) is 6.60. The van der Waals surface area contributed by atoms with Crippen molar-refractivity contribution in [2.45, 2.75) is 44.9 Å². The van der Waals surface area contributed by atoms with Crippen LogP contribution in [0.5, 0.6) is 0 Å². The van der Waals surface area contributed by atoms with Crippen LogP contribution in [0.2, 0.25) is 0 Å². The molecule has 1 aliphatic carbocycles. The lowest BCUT2D eigenvalue weighted by molar-refractivity contribution is 0.0167. The van der Waals surface area contributed by atoms with Crippen LogP contribution in [0.1, 0.15) is 44.9 Å². The fourth-order valence-corrected chi connectivity index (χ4v) is 3.20. The number of hydrogen-bond donors (Lipinski definition) is 1. The quantitative estimate of drug-likeness (QED) is 0.759. The van der Waals surface area contributed by atoms with Crippen molar-refractivity contribution < 1.29 is 9.84 Å². The Labute approximate surface area is 93.0 Å². The maximum atomic E-state index is 8.96. The average Bonchev–Trinajstić information content (AvgIpc) is 2.22. The van der Waals surface area contributed by atoms with Crippen molar-refractivity contribution in [1.29, 1.82) is 0 Å². The van der Waals surface area contributed by atoms with E-state index in [-0.39, 0.29) is 0 Å². The maximum Gasteiger partial charge on any atom is 0.0468 e. The van der Waals surface area contributed by atoms with Crippen molar-refractivity contribution in [1.82, 2.24) is 0 Å². The van der Waals surface area contributed by atoms with E-state index in [1.165, 1.54) is 38.5 Å². The summed E-state index contributed by atoms with van der Waals surface area (Å²) >= 11 is 0. The number of rotatable bonds is 5. The van der Waals surface area contributed by atoms with Crippen molar-refractivity contribution in [2.75, 3.05) is 19.8 Å². The minimum atomic E-state index is 0.367. The van der Waals surface area contributed by atoms with Crippen molar-refractivity contribution >= 4 is 0 Å². The zero-order valence-corrected chi connectivity index (χ0v) is 9.66. The second kappa shape index (κ2) is 5.86. The van der Waals surface area contributed by atoms with Crippen LogP contribution in [0.15, 0.2) is 0 Å². The molecule has 2 rings (SSSR count). The Hall–Kier alpha value is -0.0800. The van der Waals surface area contributed by atoms with Gasteiger partial charge in [0.25, 0.3) is 0 Å². The van der Waals surface area contributed by atoms with Crippen LogP contribution in [-0.4, -0.2) is 24.9 Å². The van der Waals surface area contributed by atoms with Crippen LogP contribution < -0.4 is 0 Å². The van der Waals surface area contributed by atoms with Crippen LogP contribution in [0.4, 0.5) is 0 Å². The van der Waals surface area contributed by atoms with Crippen molar-refractivity contribution in [3.05, 3.63) is 0 Å². The molecule has 2 aliphatic rings. The molecule has 15 heavy (non-hydrogen) atoms. The van der Waals surface area contributed by atoms with Gasteiger partial charge in [0, 0.05) is 19.8 Å². The van der Waals surface area contributed by atoms with Crippen LogP contribution >= 0.6 is 0 Å². The standard InChI is InChI=1S/C13H24O2/c14-8-2-5-13(11-3-1-4-11)12-6-9-15-10-7-12/h11-14H,1-10H2. The molecule has 1 aliphatic heterocycles. The average molecular weight is 212 g/mol. The van der Waals surface area contributed by atoms with Crippen LogP contribution in [0.25, 0.3) is 0 Å². The third-order valence-corrected chi connectivity index (χ3v) is 4.32. The van der Waals surface area contributed by atoms with Crippen molar-refractivity contribution in [2.24, 2.45) is 17.8 Å². The van der Waals surface area contributed by atoms with E-state index in [9.17, 15) is 0 Å². The monoisotopic (exact) mass is 212 g/mol. The molecule has 2 fully saturated rings. The summed E-state index contributed by atoms with van der Waals surface area (Å²) in [5.74, 6) is 2.74. The van der Waals surface area contributed by atoms with E-state index in [0.717, 1.165) is 37.4 Å². The Morgan fingerprint density at radius 1 is 1.07 bits per heavy atom. The smallest absolute Gasteiger partial charge is 0.0468 e. The molecule has 1 N–H and O–H groups in total. The van der Waals surface area contributed by atoms with Gasteiger partial charge in [-0.25, -0.2) is 0 Å². The van der Waals surface area contributed by atoms with Gasteiger partial charge in [0.2, 0.25) is 0 Å². The first-order valence-corrected chi connectivity index (χ1v) is 6.60. The topological polar surface area (TPSA) is 29.5 Å². The molecule has 1 heterocycles. The summed E-state index contributed by atoms with van der Waals surface area (Å²) in [6.07, 6.45) is 9.06. The third-order valence-electron chi connectivity index (χ3n) is 4.32. The lowest BCUT2D eigenvalue weighted by Gasteiger charge is -2.40. The minimum Gasteiger partial charge on any atom is -0.396 e. The molecule has 0 aromatic rings. The summed E-state index contributed by atoms with van der Waals surface area (Å²) in [5, 5.41) is 8.96. The summed E-state index contributed by atoms with van der Waals surface area (Å²) in [5.41, 5.74) is 0. The first-order chi connectivity index (χ1) is 7.42. The highest BCUT2D eigenvalue weighted by atomic mass is 16.5. The molecule has 2 nitrogen and oxygen atoms in total. The predicted octanol–water partition coefficient (Wildman–Crippen LogP) is 2.60. The van der Waals surface area contributed by atoms with Gasteiger partial charge >= 0.3 is 0 Å². The Balaban J connectivity index is 1.84. The minimum absolute atomic E-state index is 0.367. The van der Waals surface area contributed by atoms with Crippen molar-refractivity contribution in [3.63, 3.8) is 0 Å². The van der Waals surface area contributed by atoms with Crippen LogP contribution in [-0.2, 0) is 4.74 Å². The normalized spacial score (nSPS) is 26.2. The molecule has 0 radical (unpaired) electrons. The summed E-state index contributed by atoms with van der Waals surface area (Å²) in [7, 11) is 0. The largest absolute Gasteiger partial charge is 0.396 e. The van der Waals surface area contributed by atoms with E-state index in [0.29, 0.717) is 6.61 Å². The van der Waals surface area contributed by atoms with Crippen LogP contribution in [0.3, 0.4) is 0 Å². The first kappa shape index (κ1) is 11.4. The highest BCUT2D eigenvalue weighted by molar-refractivity contribution is 4.83. The number of aliphatic hydroxyl groups excluding tert-OH is 1. The van der Waals surface area contributed by atoms with E-state index < -0.39 is 0 Å². The van der Waals surface area contributed by atoms with Gasteiger partial charge in [-0.1, -0.05) is 19.3 Å². The molecule has 1 unspecified atom stereocenters. The van der Waals surface area contributed by atoms with Crippen LogP contribution in [0, 0.1) is 17.8 Å². The Kier molecular flexibility index (Phi) is 4.45.